The van der Waals surface area contributed by atoms with Gasteiger partial charge in [-0.2, -0.15) is 0 Å². The molecule has 2 N–H and O–H groups in total. The van der Waals surface area contributed by atoms with Gasteiger partial charge in [0.1, 0.15) is 0 Å². The molecule has 0 aromatic rings. The molecule has 0 saturated heterocycles. The predicted molar refractivity (Wildman–Crippen MR) is 43.5 cm³/mol. The minimum Gasteiger partial charge on any atom is -0.289 e. The van der Waals surface area contributed by atoms with Crippen molar-refractivity contribution < 1.29 is 10.0 Å². The van der Waals surface area contributed by atoms with E-state index in [4.69, 9.17) is 5.21 Å². The average Bonchev–Trinajstić information content (AvgIpc) is 2.18. The van der Waals surface area contributed by atoms with E-state index in [0.717, 1.165) is 12.3 Å². The van der Waals surface area contributed by atoms with Crippen molar-refractivity contribution in [3.05, 3.63) is 0 Å². The van der Waals surface area contributed by atoms with Gasteiger partial charge in [-0.05, 0) is 31.1 Å². The van der Waals surface area contributed by atoms with Gasteiger partial charge in [-0.1, -0.05) is 12.8 Å². The Labute approximate surface area is 72.1 Å². The molecule has 0 spiro atoms. The fourth-order valence-corrected chi connectivity index (χ4v) is 2.78. The predicted octanol–water partition coefficient (Wildman–Crippen LogP) is 1.32. The molecule has 12 heavy (non-hydrogen) atoms. The number of amides is 1. The minimum atomic E-state index is -0.163. The maximum absolute atomic E-state index is 11.2. The third kappa shape index (κ3) is 1.22. The molecule has 0 aliphatic heterocycles. The molecule has 68 valence electrons. The van der Waals surface area contributed by atoms with Crippen LogP contribution in [0.3, 0.4) is 0 Å². The van der Waals surface area contributed by atoms with Crippen LogP contribution in [0.2, 0.25) is 0 Å². The summed E-state index contributed by atoms with van der Waals surface area (Å²) in [5.74, 6) is 1.23. The van der Waals surface area contributed by atoms with Gasteiger partial charge in [0.15, 0.2) is 0 Å². The number of hydrogen-bond donors (Lipinski definition) is 2. The third-order valence-corrected chi connectivity index (χ3v) is 3.49. The number of rotatable bonds is 1. The van der Waals surface area contributed by atoms with Crippen LogP contribution in [0.15, 0.2) is 0 Å². The van der Waals surface area contributed by atoms with Crippen LogP contribution in [0.4, 0.5) is 0 Å². The molecular formula is C9H15NO2. The summed E-state index contributed by atoms with van der Waals surface area (Å²) in [6.07, 6.45) is 5.95. The summed E-state index contributed by atoms with van der Waals surface area (Å²) >= 11 is 0. The van der Waals surface area contributed by atoms with E-state index in [2.05, 4.69) is 0 Å². The Hall–Kier alpha value is -0.570. The molecule has 3 saturated carbocycles. The van der Waals surface area contributed by atoms with E-state index in [1.54, 1.807) is 5.48 Å². The van der Waals surface area contributed by atoms with E-state index in [1.807, 2.05) is 0 Å². The van der Waals surface area contributed by atoms with Gasteiger partial charge in [-0.15, -0.1) is 0 Å². The van der Waals surface area contributed by atoms with Gasteiger partial charge in [0, 0.05) is 5.92 Å². The van der Waals surface area contributed by atoms with E-state index < -0.39 is 0 Å². The number of nitrogens with one attached hydrogen (secondary N) is 1. The van der Waals surface area contributed by atoms with Gasteiger partial charge >= 0.3 is 0 Å². The van der Waals surface area contributed by atoms with Gasteiger partial charge in [-0.3, -0.25) is 10.0 Å². The summed E-state index contributed by atoms with van der Waals surface area (Å²) in [6.45, 7) is 0. The Morgan fingerprint density at radius 1 is 1.25 bits per heavy atom. The lowest BCUT2D eigenvalue weighted by Gasteiger charge is -2.40. The standard InChI is InChI=1S/C9H15NO2/c11-9(10-12)8-5-6-1-3-7(8)4-2-6/h6-8,12H,1-5H2,(H,10,11). The lowest BCUT2D eigenvalue weighted by atomic mass is 9.64. The van der Waals surface area contributed by atoms with Crippen molar-refractivity contribution in [3.8, 4) is 0 Å². The molecule has 1 amide bonds. The van der Waals surface area contributed by atoms with Gasteiger partial charge in [0.25, 0.3) is 0 Å². The summed E-state index contributed by atoms with van der Waals surface area (Å²) in [4.78, 5) is 11.2. The second-order valence-electron chi connectivity index (χ2n) is 4.10. The largest absolute Gasteiger partial charge is 0.289 e. The van der Waals surface area contributed by atoms with Crippen molar-refractivity contribution in [3.63, 3.8) is 0 Å². The monoisotopic (exact) mass is 169 g/mol. The van der Waals surface area contributed by atoms with Crippen LogP contribution in [-0.2, 0) is 4.79 Å². The first-order chi connectivity index (χ1) is 5.81. The van der Waals surface area contributed by atoms with Crippen molar-refractivity contribution in [1.82, 2.24) is 5.48 Å². The molecule has 0 aromatic heterocycles. The molecule has 0 aromatic carbocycles. The van der Waals surface area contributed by atoms with Crippen LogP contribution in [0, 0.1) is 17.8 Å². The molecule has 1 unspecified atom stereocenters. The zero-order chi connectivity index (χ0) is 8.55. The Bertz CT molecular complexity index is 185. The Kier molecular flexibility index (Phi) is 2.05. The van der Waals surface area contributed by atoms with E-state index >= 15 is 0 Å². The van der Waals surface area contributed by atoms with Gasteiger partial charge in [0.05, 0.1) is 0 Å². The van der Waals surface area contributed by atoms with Crippen LogP contribution in [-0.4, -0.2) is 11.1 Å². The summed E-state index contributed by atoms with van der Waals surface area (Å²) < 4.78 is 0. The van der Waals surface area contributed by atoms with Crippen molar-refractivity contribution in [2.24, 2.45) is 17.8 Å². The van der Waals surface area contributed by atoms with Crippen LogP contribution >= 0.6 is 0 Å². The highest BCUT2D eigenvalue weighted by atomic mass is 16.5. The molecule has 0 radical (unpaired) electrons. The van der Waals surface area contributed by atoms with E-state index in [0.29, 0.717) is 5.92 Å². The topological polar surface area (TPSA) is 49.3 Å². The molecular weight excluding hydrogens is 154 g/mol. The first-order valence-corrected chi connectivity index (χ1v) is 4.75. The number of hydrogen-bond acceptors (Lipinski definition) is 2. The molecule has 3 aliphatic rings. The molecule has 3 nitrogen and oxygen atoms in total. The molecule has 1 atom stereocenters. The highest BCUT2D eigenvalue weighted by molar-refractivity contribution is 5.77. The Balaban J connectivity index is 2.03. The second-order valence-corrected chi connectivity index (χ2v) is 4.10. The normalized spacial score (nSPS) is 39.6. The highest BCUT2D eigenvalue weighted by Gasteiger charge is 2.39. The second kappa shape index (κ2) is 3.05. The summed E-state index contributed by atoms with van der Waals surface area (Å²) in [5.41, 5.74) is 1.78. The molecule has 3 heteroatoms. The highest BCUT2D eigenvalue weighted by Crippen LogP contribution is 2.44. The molecule has 2 bridgehead atoms. The zero-order valence-electron chi connectivity index (χ0n) is 7.12. The van der Waals surface area contributed by atoms with Crippen LogP contribution in [0.5, 0.6) is 0 Å². The average molecular weight is 169 g/mol. The summed E-state index contributed by atoms with van der Waals surface area (Å²) in [5, 5.41) is 8.52. The van der Waals surface area contributed by atoms with E-state index in [-0.39, 0.29) is 11.8 Å². The fraction of sp³-hybridized carbons (Fsp3) is 0.889. The molecule has 3 fully saturated rings. The number of fused-ring (bicyclic) bond motifs is 3. The van der Waals surface area contributed by atoms with Crippen LogP contribution in [0.1, 0.15) is 32.1 Å². The zero-order valence-corrected chi connectivity index (χ0v) is 7.12. The number of carbonyl (C=O) groups excluding carboxylic acids is 1. The molecule has 3 rings (SSSR count). The third-order valence-electron chi connectivity index (χ3n) is 3.49. The fourth-order valence-electron chi connectivity index (χ4n) is 2.78. The first kappa shape index (κ1) is 8.05. The van der Waals surface area contributed by atoms with Crippen molar-refractivity contribution in [1.29, 1.82) is 0 Å². The lowest BCUT2D eigenvalue weighted by Crippen LogP contribution is -2.40. The smallest absolute Gasteiger partial charge is 0.246 e. The maximum Gasteiger partial charge on any atom is 0.246 e. The van der Waals surface area contributed by atoms with Crippen molar-refractivity contribution >= 4 is 5.91 Å². The maximum atomic E-state index is 11.2. The Morgan fingerprint density at radius 2 is 1.92 bits per heavy atom. The Morgan fingerprint density at radius 3 is 2.33 bits per heavy atom. The first-order valence-electron chi connectivity index (χ1n) is 4.75. The molecule has 3 aliphatic carbocycles. The number of carbonyl (C=O) groups is 1. The SMILES string of the molecule is O=C(NO)C1CC2CCC1CC2. The quantitative estimate of drug-likeness (QED) is 0.459. The summed E-state index contributed by atoms with van der Waals surface area (Å²) in [7, 11) is 0. The van der Waals surface area contributed by atoms with Gasteiger partial charge in [-0.25, -0.2) is 5.48 Å². The van der Waals surface area contributed by atoms with Gasteiger partial charge < -0.3 is 0 Å². The van der Waals surface area contributed by atoms with Crippen LogP contribution in [0.25, 0.3) is 0 Å². The molecule has 0 heterocycles. The van der Waals surface area contributed by atoms with Crippen molar-refractivity contribution in [2.75, 3.05) is 0 Å². The van der Waals surface area contributed by atoms with E-state index in [1.165, 1.54) is 25.7 Å². The van der Waals surface area contributed by atoms with Gasteiger partial charge in [0.2, 0.25) is 5.91 Å². The van der Waals surface area contributed by atoms with Crippen LogP contribution < -0.4 is 5.48 Å². The number of hydroxylamine groups is 1. The summed E-state index contributed by atoms with van der Waals surface area (Å²) in [6, 6.07) is 0. The van der Waals surface area contributed by atoms with Crippen molar-refractivity contribution in [2.45, 2.75) is 32.1 Å². The lowest BCUT2D eigenvalue weighted by molar-refractivity contribution is -0.138. The van der Waals surface area contributed by atoms with E-state index in [9.17, 15) is 4.79 Å². The minimum absolute atomic E-state index is 0.0995.